The number of pyridine rings is 1. The topological polar surface area (TPSA) is 33.1 Å². The first kappa shape index (κ1) is 12.4. The van der Waals surface area contributed by atoms with E-state index in [-0.39, 0.29) is 0 Å². The average molecular weight is 266 g/mol. The molecule has 2 aromatic rings. The van der Waals surface area contributed by atoms with E-state index in [0.717, 1.165) is 15.5 Å². The van der Waals surface area contributed by atoms with E-state index in [4.69, 9.17) is 11.6 Å². The van der Waals surface area contributed by atoms with Crippen LogP contribution in [0.3, 0.4) is 0 Å². The maximum Gasteiger partial charge on any atom is 0.107 e. The molecule has 0 aliphatic rings. The number of aliphatic hydroxyl groups is 1. The largest absolute Gasteiger partial charge is 0.389 e. The molecule has 1 aromatic heterocycles. The third-order valence-corrected chi connectivity index (χ3v) is 3.85. The first-order chi connectivity index (χ1) is 8.18. The standard InChI is InChI=1S/C13H12ClNOS/c1-9(16)10-5-4-8-15-13(10)17-12-7-3-2-6-11(12)14/h2-9,16H,1H3/t9-/m0/s1. The average Bonchev–Trinajstić information content (AvgIpc) is 2.32. The van der Waals surface area contributed by atoms with Crippen LogP contribution in [0.1, 0.15) is 18.6 Å². The normalized spacial score (nSPS) is 12.4. The highest BCUT2D eigenvalue weighted by Crippen LogP contribution is 2.35. The summed E-state index contributed by atoms with van der Waals surface area (Å²) in [5.74, 6) is 0. The van der Waals surface area contributed by atoms with Crippen LogP contribution in [0.5, 0.6) is 0 Å². The van der Waals surface area contributed by atoms with Crippen LogP contribution in [-0.2, 0) is 0 Å². The summed E-state index contributed by atoms with van der Waals surface area (Å²) in [6.07, 6.45) is 1.18. The van der Waals surface area contributed by atoms with E-state index in [1.807, 2.05) is 36.4 Å². The summed E-state index contributed by atoms with van der Waals surface area (Å²) in [5.41, 5.74) is 0.817. The molecule has 0 fully saturated rings. The number of aromatic nitrogens is 1. The quantitative estimate of drug-likeness (QED) is 0.913. The Kier molecular flexibility index (Phi) is 4.05. The van der Waals surface area contributed by atoms with E-state index in [0.29, 0.717) is 5.02 Å². The van der Waals surface area contributed by atoms with Gasteiger partial charge in [0.05, 0.1) is 11.1 Å². The van der Waals surface area contributed by atoms with Gasteiger partial charge in [0, 0.05) is 16.7 Å². The number of aliphatic hydroxyl groups excluding tert-OH is 1. The Bertz CT molecular complexity index is 516. The van der Waals surface area contributed by atoms with Gasteiger partial charge in [-0.1, -0.05) is 41.6 Å². The Morgan fingerprint density at radius 3 is 2.71 bits per heavy atom. The van der Waals surface area contributed by atoms with Crippen molar-refractivity contribution in [2.75, 3.05) is 0 Å². The highest BCUT2D eigenvalue weighted by atomic mass is 35.5. The second kappa shape index (κ2) is 5.54. The molecule has 0 unspecified atom stereocenters. The van der Waals surface area contributed by atoms with E-state index >= 15 is 0 Å². The summed E-state index contributed by atoms with van der Waals surface area (Å²) in [7, 11) is 0. The zero-order chi connectivity index (χ0) is 12.3. The van der Waals surface area contributed by atoms with Gasteiger partial charge in [0.1, 0.15) is 5.03 Å². The molecule has 2 nitrogen and oxygen atoms in total. The van der Waals surface area contributed by atoms with Crippen molar-refractivity contribution in [3.63, 3.8) is 0 Å². The summed E-state index contributed by atoms with van der Waals surface area (Å²) < 4.78 is 0. The lowest BCUT2D eigenvalue weighted by molar-refractivity contribution is 0.195. The molecule has 0 saturated heterocycles. The molecule has 0 aliphatic carbocycles. The maximum atomic E-state index is 9.67. The number of hydrogen-bond donors (Lipinski definition) is 1. The van der Waals surface area contributed by atoms with Crippen LogP contribution in [0.25, 0.3) is 0 Å². The Balaban J connectivity index is 2.34. The molecule has 0 bridgehead atoms. The van der Waals surface area contributed by atoms with Gasteiger partial charge in [-0.3, -0.25) is 0 Å². The van der Waals surface area contributed by atoms with Crippen LogP contribution >= 0.6 is 23.4 Å². The lowest BCUT2D eigenvalue weighted by atomic mass is 10.2. The smallest absolute Gasteiger partial charge is 0.107 e. The van der Waals surface area contributed by atoms with Crippen molar-refractivity contribution in [2.45, 2.75) is 22.9 Å². The second-order valence-electron chi connectivity index (χ2n) is 3.61. The first-order valence-corrected chi connectivity index (χ1v) is 6.43. The maximum absolute atomic E-state index is 9.67. The molecule has 1 N–H and O–H groups in total. The van der Waals surface area contributed by atoms with Crippen LogP contribution in [0.15, 0.2) is 52.5 Å². The van der Waals surface area contributed by atoms with E-state index < -0.39 is 6.10 Å². The highest BCUT2D eigenvalue weighted by Gasteiger charge is 2.11. The monoisotopic (exact) mass is 265 g/mol. The van der Waals surface area contributed by atoms with Gasteiger partial charge in [0.15, 0.2) is 0 Å². The van der Waals surface area contributed by atoms with Crippen LogP contribution in [0.4, 0.5) is 0 Å². The predicted octanol–water partition coefficient (Wildman–Crippen LogP) is 3.94. The molecule has 1 atom stereocenters. The molecule has 4 heteroatoms. The number of benzene rings is 1. The van der Waals surface area contributed by atoms with Crippen molar-refractivity contribution in [3.05, 3.63) is 53.2 Å². The fourth-order valence-corrected chi connectivity index (χ4v) is 2.68. The van der Waals surface area contributed by atoms with Gasteiger partial charge < -0.3 is 5.11 Å². The number of halogens is 1. The van der Waals surface area contributed by atoms with Crippen molar-refractivity contribution in [2.24, 2.45) is 0 Å². The lowest BCUT2D eigenvalue weighted by Crippen LogP contribution is -1.95. The third kappa shape index (κ3) is 3.00. The number of nitrogens with zero attached hydrogens (tertiary/aromatic N) is 1. The molecule has 0 aliphatic heterocycles. The molecule has 0 saturated carbocycles. The van der Waals surface area contributed by atoms with Crippen LogP contribution in [0.2, 0.25) is 5.02 Å². The summed E-state index contributed by atoms with van der Waals surface area (Å²) in [5, 5.41) is 11.1. The van der Waals surface area contributed by atoms with E-state index in [2.05, 4.69) is 4.98 Å². The minimum absolute atomic E-state index is 0.534. The molecule has 0 spiro atoms. The van der Waals surface area contributed by atoms with E-state index in [9.17, 15) is 5.11 Å². The Morgan fingerprint density at radius 1 is 1.24 bits per heavy atom. The van der Waals surface area contributed by atoms with Gasteiger partial charge >= 0.3 is 0 Å². The minimum Gasteiger partial charge on any atom is -0.389 e. The summed E-state index contributed by atoms with van der Waals surface area (Å²) in [6.45, 7) is 1.73. The zero-order valence-electron chi connectivity index (χ0n) is 9.30. The molecular formula is C13H12ClNOS. The van der Waals surface area contributed by atoms with E-state index in [1.54, 1.807) is 13.1 Å². The highest BCUT2D eigenvalue weighted by molar-refractivity contribution is 7.99. The molecule has 17 heavy (non-hydrogen) atoms. The van der Waals surface area contributed by atoms with Crippen molar-refractivity contribution >= 4 is 23.4 Å². The van der Waals surface area contributed by atoms with Crippen molar-refractivity contribution in [1.82, 2.24) is 4.98 Å². The van der Waals surface area contributed by atoms with Crippen molar-refractivity contribution in [1.29, 1.82) is 0 Å². The Labute approximate surface area is 110 Å². The van der Waals surface area contributed by atoms with Gasteiger partial charge in [0.25, 0.3) is 0 Å². The van der Waals surface area contributed by atoms with Crippen LogP contribution in [-0.4, -0.2) is 10.1 Å². The minimum atomic E-state index is -0.534. The zero-order valence-corrected chi connectivity index (χ0v) is 10.9. The molecule has 88 valence electrons. The number of hydrogen-bond acceptors (Lipinski definition) is 3. The molecule has 0 radical (unpaired) electrons. The summed E-state index contributed by atoms with van der Waals surface area (Å²) in [6, 6.07) is 11.3. The molecule has 0 amide bonds. The fraction of sp³-hybridized carbons (Fsp3) is 0.154. The SMILES string of the molecule is C[C@H](O)c1cccnc1Sc1ccccc1Cl. The van der Waals surface area contributed by atoms with Gasteiger partial charge in [-0.25, -0.2) is 4.98 Å². The van der Waals surface area contributed by atoms with E-state index in [1.165, 1.54) is 11.8 Å². The predicted molar refractivity (Wildman–Crippen MR) is 70.4 cm³/mol. The second-order valence-corrected chi connectivity index (χ2v) is 5.04. The lowest BCUT2D eigenvalue weighted by Gasteiger charge is -2.10. The van der Waals surface area contributed by atoms with Crippen LogP contribution in [0, 0.1) is 0 Å². The number of rotatable bonds is 3. The van der Waals surface area contributed by atoms with Gasteiger partial charge in [-0.15, -0.1) is 0 Å². The Morgan fingerprint density at radius 2 is 2.00 bits per heavy atom. The molecular weight excluding hydrogens is 254 g/mol. The first-order valence-electron chi connectivity index (χ1n) is 5.24. The van der Waals surface area contributed by atoms with Gasteiger partial charge in [-0.05, 0) is 25.1 Å². The summed E-state index contributed by atoms with van der Waals surface area (Å²) in [4.78, 5) is 5.22. The van der Waals surface area contributed by atoms with Gasteiger partial charge in [-0.2, -0.15) is 0 Å². The third-order valence-electron chi connectivity index (χ3n) is 2.29. The summed E-state index contributed by atoms with van der Waals surface area (Å²) >= 11 is 7.56. The Hall–Kier alpha value is -1.03. The molecule has 1 heterocycles. The fourth-order valence-electron chi connectivity index (χ4n) is 1.44. The van der Waals surface area contributed by atoms with Crippen LogP contribution < -0.4 is 0 Å². The molecule has 2 rings (SSSR count). The van der Waals surface area contributed by atoms with Crippen molar-refractivity contribution < 1.29 is 5.11 Å². The van der Waals surface area contributed by atoms with Crippen molar-refractivity contribution in [3.8, 4) is 0 Å². The van der Waals surface area contributed by atoms with Gasteiger partial charge in [0.2, 0.25) is 0 Å². The molecule has 1 aromatic carbocycles.